The van der Waals surface area contributed by atoms with Crippen LogP contribution in [0.4, 0.5) is 0 Å². The number of rotatable bonds is 12. The number of aliphatic hydroxyl groups is 1. The van der Waals surface area contributed by atoms with Gasteiger partial charge in [-0.05, 0) is 39.7 Å². The molecule has 3 amide bonds. The van der Waals surface area contributed by atoms with Crippen LogP contribution in [-0.2, 0) is 19.2 Å². The Balaban J connectivity index is 4.95. The molecule has 0 spiro atoms. The van der Waals surface area contributed by atoms with Gasteiger partial charge in [-0.3, -0.25) is 14.4 Å². The molecule has 0 saturated heterocycles. The highest BCUT2D eigenvalue weighted by molar-refractivity contribution is 5.93. The molecule has 0 fully saturated rings. The number of aliphatic carboxylic acids is 1. The van der Waals surface area contributed by atoms with Crippen molar-refractivity contribution in [2.45, 2.75) is 57.3 Å². The van der Waals surface area contributed by atoms with Gasteiger partial charge in [0.25, 0.3) is 0 Å². The summed E-state index contributed by atoms with van der Waals surface area (Å²) in [7, 11) is 0. The Morgan fingerprint density at radius 3 is 1.96 bits per heavy atom. The first-order chi connectivity index (χ1) is 12.1. The van der Waals surface area contributed by atoms with E-state index in [9.17, 15) is 19.2 Å². The molecule has 0 aliphatic rings. The number of amides is 3. The second-order valence-electron chi connectivity index (χ2n) is 5.95. The van der Waals surface area contributed by atoms with E-state index in [2.05, 4.69) is 16.0 Å². The molecule has 0 aliphatic heterocycles. The van der Waals surface area contributed by atoms with E-state index in [1.165, 1.54) is 13.8 Å². The molecule has 0 bridgehead atoms. The Kier molecular flexibility index (Phi) is 11.1. The molecule has 0 aromatic rings. The molecule has 4 unspecified atom stereocenters. The van der Waals surface area contributed by atoms with Crippen molar-refractivity contribution in [3.63, 3.8) is 0 Å². The van der Waals surface area contributed by atoms with Crippen LogP contribution in [0.3, 0.4) is 0 Å². The number of carbonyl (C=O) groups is 4. The van der Waals surface area contributed by atoms with Gasteiger partial charge in [-0.25, -0.2) is 4.79 Å². The zero-order valence-corrected chi connectivity index (χ0v) is 15.0. The van der Waals surface area contributed by atoms with Crippen LogP contribution in [0, 0.1) is 0 Å². The number of unbranched alkanes of at least 4 members (excludes halogenated alkanes) is 1. The van der Waals surface area contributed by atoms with Crippen LogP contribution in [0.25, 0.3) is 0 Å². The Morgan fingerprint density at radius 2 is 1.50 bits per heavy atom. The molecular weight excluding hydrogens is 346 g/mol. The molecule has 0 saturated carbocycles. The van der Waals surface area contributed by atoms with Gasteiger partial charge in [-0.1, -0.05) is 0 Å². The highest BCUT2D eigenvalue weighted by Crippen LogP contribution is 2.03. The minimum Gasteiger partial charge on any atom is -0.480 e. The number of carbonyl (C=O) groups excluding carboxylic acids is 3. The van der Waals surface area contributed by atoms with E-state index >= 15 is 0 Å². The van der Waals surface area contributed by atoms with Crippen LogP contribution in [-0.4, -0.2) is 71.2 Å². The van der Waals surface area contributed by atoms with E-state index in [0.717, 1.165) is 0 Å². The summed E-state index contributed by atoms with van der Waals surface area (Å²) in [5.74, 6) is -3.29. The minimum absolute atomic E-state index is 0.223. The molecule has 0 heterocycles. The van der Waals surface area contributed by atoms with Gasteiger partial charge < -0.3 is 37.6 Å². The Bertz CT molecular complexity index is 499. The third kappa shape index (κ3) is 8.74. The first-order valence-electron chi connectivity index (χ1n) is 8.34. The molecular formula is C15H29N5O6. The number of carboxylic acids is 1. The van der Waals surface area contributed by atoms with Crippen molar-refractivity contribution < 1.29 is 29.4 Å². The maximum atomic E-state index is 12.3. The molecule has 0 aromatic heterocycles. The highest BCUT2D eigenvalue weighted by Gasteiger charge is 2.27. The quantitative estimate of drug-likeness (QED) is 0.175. The molecule has 0 radical (unpaired) electrons. The fourth-order valence-electron chi connectivity index (χ4n) is 1.93. The summed E-state index contributed by atoms with van der Waals surface area (Å²) >= 11 is 0. The number of nitrogens with two attached hydrogens (primary N) is 2. The average molecular weight is 375 g/mol. The molecule has 0 aliphatic carbocycles. The second kappa shape index (κ2) is 12.2. The summed E-state index contributed by atoms with van der Waals surface area (Å²) in [5.41, 5.74) is 10.8. The standard InChI is InChI=1S/C15H29N5O6/c1-8(17)12(22)18-9(2)13(23)19-10(5-3-4-6-16)14(24)20-11(7-21)15(25)26/h8-11,21H,3-7,16-17H2,1-2H3,(H,18,22)(H,19,23)(H,20,24)(H,25,26). The van der Waals surface area contributed by atoms with E-state index in [-0.39, 0.29) is 6.42 Å². The van der Waals surface area contributed by atoms with Crippen molar-refractivity contribution in [1.29, 1.82) is 0 Å². The maximum Gasteiger partial charge on any atom is 0.328 e. The minimum atomic E-state index is -1.48. The number of nitrogens with one attached hydrogen (secondary N) is 3. The second-order valence-corrected chi connectivity index (χ2v) is 5.95. The van der Waals surface area contributed by atoms with Crippen molar-refractivity contribution in [2.75, 3.05) is 13.2 Å². The van der Waals surface area contributed by atoms with Crippen LogP contribution in [0.1, 0.15) is 33.1 Å². The van der Waals surface area contributed by atoms with Gasteiger partial charge in [0.1, 0.15) is 18.1 Å². The van der Waals surface area contributed by atoms with Gasteiger partial charge in [0.05, 0.1) is 12.6 Å². The molecule has 4 atom stereocenters. The predicted octanol–water partition coefficient (Wildman–Crippen LogP) is -2.99. The molecule has 9 N–H and O–H groups in total. The average Bonchev–Trinajstić information content (AvgIpc) is 2.57. The van der Waals surface area contributed by atoms with Crippen molar-refractivity contribution in [3.8, 4) is 0 Å². The van der Waals surface area contributed by atoms with Crippen LogP contribution < -0.4 is 27.4 Å². The number of carboxylic acid groups (broad SMARTS) is 1. The molecule has 0 aromatic carbocycles. The Morgan fingerprint density at radius 1 is 0.923 bits per heavy atom. The molecule has 11 nitrogen and oxygen atoms in total. The Hall–Kier alpha value is -2.24. The predicted molar refractivity (Wildman–Crippen MR) is 92.7 cm³/mol. The first-order valence-corrected chi connectivity index (χ1v) is 8.34. The van der Waals surface area contributed by atoms with Crippen molar-refractivity contribution in [1.82, 2.24) is 16.0 Å². The molecule has 150 valence electrons. The summed E-state index contributed by atoms with van der Waals surface area (Å²) in [5, 5.41) is 24.9. The van der Waals surface area contributed by atoms with Gasteiger partial charge in [0, 0.05) is 0 Å². The number of aliphatic hydroxyl groups excluding tert-OH is 1. The summed E-state index contributed by atoms with van der Waals surface area (Å²) in [6.45, 7) is 2.51. The van der Waals surface area contributed by atoms with E-state index in [0.29, 0.717) is 19.4 Å². The van der Waals surface area contributed by atoms with E-state index < -0.39 is 54.5 Å². The van der Waals surface area contributed by atoms with Crippen molar-refractivity contribution in [3.05, 3.63) is 0 Å². The van der Waals surface area contributed by atoms with E-state index in [4.69, 9.17) is 21.7 Å². The Labute approximate surface area is 151 Å². The molecule has 0 rings (SSSR count). The van der Waals surface area contributed by atoms with Crippen LogP contribution in [0.2, 0.25) is 0 Å². The lowest BCUT2D eigenvalue weighted by molar-refractivity contribution is -0.143. The zero-order valence-electron chi connectivity index (χ0n) is 15.0. The SMILES string of the molecule is CC(N)C(=O)NC(C)C(=O)NC(CCCCN)C(=O)NC(CO)C(=O)O. The monoisotopic (exact) mass is 375 g/mol. The van der Waals surface area contributed by atoms with E-state index in [1.807, 2.05) is 0 Å². The fraction of sp³-hybridized carbons (Fsp3) is 0.733. The maximum absolute atomic E-state index is 12.3. The normalized spacial score (nSPS) is 15.3. The number of hydrogen-bond acceptors (Lipinski definition) is 7. The van der Waals surface area contributed by atoms with Gasteiger partial charge in [-0.15, -0.1) is 0 Å². The van der Waals surface area contributed by atoms with Gasteiger partial charge in [-0.2, -0.15) is 0 Å². The fourth-order valence-corrected chi connectivity index (χ4v) is 1.93. The molecule has 26 heavy (non-hydrogen) atoms. The van der Waals surface area contributed by atoms with Crippen molar-refractivity contribution >= 4 is 23.7 Å². The van der Waals surface area contributed by atoms with Gasteiger partial charge in [0.15, 0.2) is 0 Å². The summed E-state index contributed by atoms with van der Waals surface area (Å²) in [4.78, 5) is 46.9. The van der Waals surface area contributed by atoms with Gasteiger partial charge in [0.2, 0.25) is 17.7 Å². The summed E-state index contributed by atoms with van der Waals surface area (Å²) in [6.07, 6.45) is 1.35. The first kappa shape index (κ1) is 23.8. The third-order valence-corrected chi connectivity index (χ3v) is 3.54. The summed E-state index contributed by atoms with van der Waals surface area (Å²) < 4.78 is 0. The number of hydrogen-bond donors (Lipinski definition) is 7. The van der Waals surface area contributed by atoms with Crippen molar-refractivity contribution in [2.24, 2.45) is 11.5 Å². The van der Waals surface area contributed by atoms with Crippen LogP contribution in [0.5, 0.6) is 0 Å². The molecule has 11 heteroatoms. The van der Waals surface area contributed by atoms with E-state index in [1.54, 1.807) is 0 Å². The van der Waals surface area contributed by atoms with Gasteiger partial charge >= 0.3 is 5.97 Å². The topological polar surface area (TPSA) is 197 Å². The lowest BCUT2D eigenvalue weighted by atomic mass is 10.1. The highest BCUT2D eigenvalue weighted by atomic mass is 16.4. The lowest BCUT2D eigenvalue weighted by Crippen LogP contribution is -2.56. The zero-order chi connectivity index (χ0) is 20.3. The largest absolute Gasteiger partial charge is 0.480 e. The van der Waals surface area contributed by atoms with Crippen LogP contribution in [0.15, 0.2) is 0 Å². The lowest BCUT2D eigenvalue weighted by Gasteiger charge is -2.23. The smallest absolute Gasteiger partial charge is 0.328 e. The summed E-state index contributed by atoms with van der Waals surface area (Å²) in [6, 6.07) is -4.25. The third-order valence-electron chi connectivity index (χ3n) is 3.54. The van der Waals surface area contributed by atoms with Crippen LogP contribution >= 0.6 is 0 Å².